The molecule has 126 valence electrons. The Morgan fingerprint density at radius 3 is 2.41 bits per heavy atom. The van der Waals surface area contributed by atoms with Crippen molar-refractivity contribution in [2.45, 2.75) is 38.6 Å². The maximum Gasteiger partial charge on any atom is 0.246 e. The number of nitrogens with one attached hydrogen (secondary N) is 1. The van der Waals surface area contributed by atoms with E-state index in [9.17, 15) is 14.4 Å². The second kappa shape index (κ2) is 10.3. The molecule has 0 aromatic heterocycles. The van der Waals surface area contributed by atoms with Crippen LogP contribution in [0.2, 0.25) is 0 Å². The molecule has 1 fully saturated rings. The maximum absolute atomic E-state index is 11.9. The van der Waals surface area contributed by atoms with Crippen molar-refractivity contribution in [2.24, 2.45) is 0 Å². The van der Waals surface area contributed by atoms with Crippen LogP contribution in [-0.4, -0.2) is 68.6 Å². The number of rotatable bonds is 9. The number of carbonyl (C=O) groups excluding carboxylic acids is 3. The van der Waals surface area contributed by atoms with Crippen LogP contribution in [0.1, 0.15) is 32.6 Å². The minimum atomic E-state index is -0.141. The molecule has 1 aliphatic rings. The number of piperidine rings is 1. The van der Waals surface area contributed by atoms with Gasteiger partial charge in [-0.05, 0) is 19.8 Å². The Morgan fingerprint density at radius 2 is 1.82 bits per heavy atom. The van der Waals surface area contributed by atoms with Crippen molar-refractivity contribution in [2.75, 3.05) is 40.0 Å². The van der Waals surface area contributed by atoms with Gasteiger partial charge >= 0.3 is 0 Å². The van der Waals surface area contributed by atoms with E-state index in [4.69, 9.17) is 9.47 Å². The molecule has 0 aliphatic carbocycles. The first-order chi connectivity index (χ1) is 10.5. The molecule has 0 spiro atoms. The summed E-state index contributed by atoms with van der Waals surface area (Å²) in [5.41, 5.74) is 0. The third-order valence-electron chi connectivity index (χ3n) is 3.57. The number of hydrogen-bond acceptors (Lipinski definition) is 5. The van der Waals surface area contributed by atoms with E-state index < -0.39 is 0 Å². The number of ether oxygens (including phenoxy) is 2. The molecular formula is C15H26N2O5. The number of amides is 2. The fourth-order valence-electron chi connectivity index (χ4n) is 2.29. The molecule has 7 heteroatoms. The van der Waals surface area contributed by atoms with E-state index in [0.29, 0.717) is 32.7 Å². The Balaban J connectivity index is 2.17. The molecule has 0 aromatic carbocycles. The van der Waals surface area contributed by atoms with Gasteiger partial charge in [0.2, 0.25) is 11.8 Å². The second-order valence-corrected chi connectivity index (χ2v) is 5.47. The van der Waals surface area contributed by atoms with Gasteiger partial charge in [-0.3, -0.25) is 9.59 Å². The quantitative estimate of drug-likeness (QED) is 0.611. The summed E-state index contributed by atoms with van der Waals surface area (Å²) in [6, 6.07) is 0.0791. The summed E-state index contributed by atoms with van der Waals surface area (Å²) in [5, 5.41) is 2.91. The average Bonchev–Trinajstić information content (AvgIpc) is 2.50. The molecule has 1 heterocycles. The van der Waals surface area contributed by atoms with Gasteiger partial charge < -0.3 is 24.5 Å². The van der Waals surface area contributed by atoms with Gasteiger partial charge in [0.15, 0.2) is 0 Å². The summed E-state index contributed by atoms with van der Waals surface area (Å²) >= 11 is 0. The first-order valence-electron chi connectivity index (χ1n) is 7.66. The van der Waals surface area contributed by atoms with Crippen LogP contribution in [0.15, 0.2) is 0 Å². The van der Waals surface area contributed by atoms with E-state index in [1.165, 1.54) is 6.92 Å². The third kappa shape index (κ3) is 7.51. The number of carbonyl (C=O) groups is 3. The summed E-state index contributed by atoms with van der Waals surface area (Å²) < 4.78 is 9.98. The number of Topliss-reactive ketones (excluding diaryl/α,β-unsaturated/α-hetero) is 1. The van der Waals surface area contributed by atoms with Crippen molar-refractivity contribution in [1.82, 2.24) is 10.2 Å². The normalized spacial score (nSPS) is 15.6. The van der Waals surface area contributed by atoms with Gasteiger partial charge in [0.05, 0.1) is 13.2 Å². The van der Waals surface area contributed by atoms with Crippen molar-refractivity contribution >= 4 is 17.6 Å². The molecule has 1 rings (SSSR count). The molecule has 1 aliphatic heterocycles. The Morgan fingerprint density at radius 1 is 1.14 bits per heavy atom. The Kier molecular flexibility index (Phi) is 8.69. The molecule has 7 nitrogen and oxygen atoms in total. The summed E-state index contributed by atoms with van der Waals surface area (Å²) in [5.74, 6) is -0.0932. The Bertz CT molecular complexity index is 378. The maximum atomic E-state index is 11.9. The highest BCUT2D eigenvalue weighted by Crippen LogP contribution is 2.12. The van der Waals surface area contributed by atoms with Gasteiger partial charge in [0.1, 0.15) is 12.4 Å². The van der Waals surface area contributed by atoms with Crippen LogP contribution in [0.3, 0.4) is 0 Å². The lowest BCUT2D eigenvalue weighted by Crippen LogP contribution is -2.47. The van der Waals surface area contributed by atoms with E-state index in [2.05, 4.69) is 5.32 Å². The van der Waals surface area contributed by atoms with Gasteiger partial charge in [-0.15, -0.1) is 0 Å². The molecule has 1 N–H and O–H groups in total. The van der Waals surface area contributed by atoms with Crippen LogP contribution < -0.4 is 5.32 Å². The van der Waals surface area contributed by atoms with E-state index >= 15 is 0 Å². The van der Waals surface area contributed by atoms with Crippen molar-refractivity contribution in [1.29, 1.82) is 0 Å². The van der Waals surface area contributed by atoms with Crippen molar-refractivity contribution in [3.63, 3.8) is 0 Å². The summed E-state index contributed by atoms with van der Waals surface area (Å²) in [4.78, 5) is 36.2. The third-order valence-corrected chi connectivity index (χ3v) is 3.57. The second-order valence-electron chi connectivity index (χ2n) is 5.47. The molecule has 0 unspecified atom stereocenters. The van der Waals surface area contributed by atoms with Crippen molar-refractivity contribution < 1.29 is 23.9 Å². The molecule has 1 saturated heterocycles. The molecule has 2 amide bonds. The zero-order chi connectivity index (χ0) is 16.4. The lowest BCUT2D eigenvalue weighted by atomic mass is 10.0. The van der Waals surface area contributed by atoms with Gasteiger partial charge in [-0.2, -0.15) is 0 Å². The molecule has 0 saturated carbocycles. The van der Waals surface area contributed by atoms with Gasteiger partial charge in [0.25, 0.3) is 0 Å². The summed E-state index contributed by atoms with van der Waals surface area (Å²) in [7, 11) is 1.58. The summed E-state index contributed by atoms with van der Waals surface area (Å²) in [6.07, 6.45) is 2.04. The van der Waals surface area contributed by atoms with Crippen LogP contribution in [0, 0.1) is 0 Å². The number of nitrogens with zero attached hydrogens (tertiary/aromatic N) is 1. The van der Waals surface area contributed by atoms with E-state index in [0.717, 1.165) is 12.8 Å². The highest BCUT2D eigenvalue weighted by atomic mass is 16.5. The van der Waals surface area contributed by atoms with Crippen molar-refractivity contribution in [3.05, 3.63) is 0 Å². The first-order valence-corrected chi connectivity index (χ1v) is 7.66. The molecule has 0 atom stereocenters. The first kappa shape index (κ1) is 18.6. The zero-order valence-corrected chi connectivity index (χ0v) is 13.4. The SMILES string of the molecule is COCCOCC(=O)NC1CCN(C(=O)CCC(C)=O)CC1. The van der Waals surface area contributed by atoms with Gasteiger partial charge in [-0.25, -0.2) is 0 Å². The fourth-order valence-corrected chi connectivity index (χ4v) is 2.29. The number of likely N-dealkylation sites (tertiary alicyclic amines) is 1. The predicted molar refractivity (Wildman–Crippen MR) is 80.4 cm³/mol. The molecule has 0 radical (unpaired) electrons. The van der Waals surface area contributed by atoms with Gasteiger partial charge in [-0.1, -0.05) is 0 Å². The van der Waals surface area contributed by atoms with Crippen LogP contribution in [0.25, 0.3) is 0 Å². The number of hydrogen-bond donors (Lipinski definition) is 1. The fraction of sp³-hybridized carbons (Fsp3) is 0.800. The average molecular weight is 314 g/mol. The van der Waals surface area contributed by atoms with E-state index in [-0.39, 0.29) is 36.7 Å². The van der Waals surface area contributed by atoms with Crippen LogP contribution in [0.4, 0.5) is 0 Å². The van der Waals surface area contributed by atoms with Crippen LogP contribution in [-0.2, 0) is 23.9 Å². The van der Waals surface area contributed by atoms with Crippen molar-refractivity contribution in [3.8, 4) is 0 Å². The molecule has 22 heavy (non-hydrogen) atoms. The molecule has 0 aromatic rings. The minimum absolute atomic E-state index is 0.0166. The molecule has 0 bridgehead atoms. The lowest BCUT2D eigenvalue weighted by Gasteiger charge is -2.32. The van der Waals surface area contributed by atoms with E-state index in [1.807, 2.05) is 0 Å². The Labute approximate surface area is 131 Å². The minimum Gasteiger partial charge on any atom is -0.382 e. The summed E-state index contributed by atoms with van der Waals surface area (Å²) in [6.45, 7) is 3.62. The number of methoxy groups -OCH3 is 1. The highest BCUT2D eigenvalue weighted by molar-refractivity contribution is 5.83. The largest absolute Gasteiger partial charge is 0.382 e. The van der Waals surface area contributed by atoms with Crippen LogP contribution >= 0.6 is 0 Å². The smallest absolute Gasteiger partial charge is 0.246 e. The lowest BCUT2D eigenvalue weighted by molar-refractivity contribution is -0.134. The van der Waals surface area contributed by atoms with E-state index in [1.54, 1.807) is 12.0 Å². The monoisotopic (exact) mass is 314 g/mol. The zero-order valence-electron chi connectivity index (χ0n) is 13.4. The van der Waals surface area contributed by atoms with Gasteiger partial charge in [0, 0.05) is 39.1 Å². The highest BCUT2D eigenvalue weighted by Gasteiger charge is 2.23. The number of ketones is 1. The Hall–Kier alpha value is -1.47. The standard InChI is InChI=1S/C15H26N2O5/c1-12(18)3-4-15(20)17-7-5-13(6-8-17)16-14(19)11-22-10-9-21-2/h13H,3-11H2,1-2H3,(H,16,19). The predicted octanol–water partition coefficient (Wildman–Crippen LogP) is 0.126. The molecular weight excluding hydrogens is 288 g/mol. The topological polar surface area (TPSA) is 84.9 Å². The van der Waals surface area contributed by atoms with Crippen LogP contribution in [0.5, 0.6) is 0 Å².